The molecular formula is C18H26ClN5OS. The van der Waals surface area contributed by atoms with E-state index in [4.69, 9.17) is 23.8 Å². The van der Waals surface area contributed by atoms with Crippen LogP contribution in [0.4, 0.5) is 5.69 Å². The van der Waals surface area contributed by atoms with Crippen molar-refractivity contribution >= 4 is 40.5 Å². The second kappa shape index (κ2) is 8.99. The quantitative estimate of drug-likeness (QED) is 0.781. The summed E-state index contributed by atoms with van der Waals surface area (Å²) in [4.78, 5) is 21.1. The first-order valence-electron chi connectivity index (χ1n) is 9.02. The van der Waals surface area contributed by atoms with Gasteiger partial charge in [-0.25, -0.2) is 0 Å². The monoisotopic (exact) mass is 395 g/mol. The molecule has 1 aromatic carbocycles. The summed E-state index contributed by atoms with van der Waals surface area (Å²) in [7, 11) is 2.10. The standard InChI is InChI=1S/C18H26ClN5OS/c1-21-6-10-23(11-7-21)17(25)14-22-8-12-24(13-9-22)18(26)20-16-5-3-2-4-15(16)19/h2-5H,6-14H2,1H3,(H,20,26). The van der Waals surface area contributed by atoms with Gasteiger partial charge in [0.1, 0.15) is 0 Å². The molecule has 2 fully saturated rings. The summed E-state index contributed by atoms with van der Waals surface area (Å²) in [6, 6.07) is 7.58. The van der Waals surface area contributed by atoms with Gasteiger partial charge in [0.15, 0.2) is 5.11 Å². The molecule has 0 aliphatic carbocycles. The maximum Gasteiger partial charge on any atom is 0.236 e. The molecule has 1 amide bonds. The summed E-state index contributed by atoms with van der Waals surface area (Å²) >= 11 is 11.7. The van der Waals surface area contributed by atoms with Crippen molar-refractivity contribution in [3.05, 3.63) is 29.3 Å². The van der Waals surface area contributed by atoms with Crippen LogP contribution in [0.2, 0.25) is 5.02 Å². The van der Waals surface area contributed by atoms with E-state index in [1.807, 2.05) is 29.2 Å². The van der Waals surface area contributed by atoms with Gasteiger partial charge >= 0.3 is 0 Å². The van der Waals surface area contributed by atoms with Crippen molar-refractivity contribution in [3.8, 4) is 0 Å². The lowest BCUT2D eigenvalue weighted by molar-refractivity contribution is -0.134. The van der Waals surface area contributed by atoms with Crippen LogP contribution in [0.15, 0.2) is 24.3 Å². The Kier molecular flexibility index (Phi) is 6.69. The van der Waals surface area contributed by atoms with Gasteiger partial charge in [0.05, 0.1) is 17.3 Å². The number of hydrogen-bond donors (Lipinski definition) is 1. The fourth-order valence-corrected chi connectivity index (χ4v) is 3.69. The number of carbonyl (C=O) groups is 1. The molecule has 8 heteroatoms. The molecule has 0 aromatic heterocycles. The molecule has 0 atom stereocenters. The smallest absolute Gasteiger partial charge is 0.236 e. The molecule has 1 aromatic rings. The normalized spacial score (nSPS) is 19.5. The summed E-state index contributed by atoms with van der Waals surface area (Å²) in [5.74, 6) is 0.239. The van der Waals surface area contributed by atoms with Crippen LogP contribution in [0.5, 0.6) is 0 Å². The fraction of sp³-hybridized carbons (Fsp3) is 0.556. The van der Waals surface area contributed by atoms with Gasteiger partial charge in [0.25, 0.3) is 0 Å². The summed E-state index contributed by atoms with van der Waals surface area (Å²) in [6.45, 7) is 7.39. The van der Waals surface area contributed by atoms with Crippen LogP contribution in [0.25, 0.3) is 0 Å². The van der Waals surface area contributed by atoms with Gasteiger partial charge in [-0.1, -0.05) is 23.7 Å². The lowest BCUT2D eigenvalue weighted by atomic mass is 10.3. The lowest BCUT2D eigenvalue weighted by Gasteiger charge is -2.38. The Hall–Kier alpha value is -1.41. The predicted molar refractivity (Wildman–Crippen MR) is 110 cm³/mol. The highest BCUT2D eigenvalue weighted by Crippen LogP contribution is 2.21. The number of nitrogens with zero attached hydrogens (tertiary/aromatic N) is 4. The third-order valence-corrected chi connectivity index (χ3v) is 5.68. The average molecular weight is 396 g/mol. The topological polar surface area (TPSA) is 42.1 Å². The Bertz CT molecular complexity index is 642. The number of para-hydroxylation sites is 1. The molecule has 2 heterocycles. The predicted octanol–water partition coefficient (Wildman–Crippen LogP) is 1.43. The van der Waals surface area contributed by atoms with Gasteiger partial charge in [0, 0.05) is 52.4 Å². The van der Waals surface area contributed by atoms with Crippen LogP contribution in [0.3, 0.4) is 0 Å². The minimum absolute atomic E-state index is 0.239. The number of halogens is 1. The molecule has 2 aliphatic heterocycles. The number of thiocarbonyl (C=S) groups is 1. The van der Waals surface area contributed by atoms with E-state index < -0.39 is 0 Å². The molecule has 0 unspecified atom stereocenters. The molecule has 0 bridgehead atoms. The van der Waals surface area contributed by atoms with Crippen LogP contribution >= 0.6 is 23.8 Å². The summed E-state index contributed by atoms with van der Waals surface area (Å²) in [5, 5.41) is 4.56. The van der Waals surface area contributed by atoms with Crippen molar-refractivity contribution in [1.29, 1.82) is 0 Å². The minimum Gasteiger partial charge on any atom is -0.346 e. The highest BCUT2D eigenvalue weighted by molar-refractivity contribution is 7.80. The second-order valence-corrected chi connectivity index (χ2v) is 7.65. The Balaban J connectivity index is 1.43. The van der Waals surface area contributed by atoms with Crippen molar-refractivity contribution in [2.24, 2.45) is 0 Å². The molecule has 2 saturated heterocycles. The highest BCUT2D eigenvalue weighted by atomic mass is 35.5. The van der Waals surface area contributed by atoms with Gasteiger partial charge < -0.3 is 20.0 Å². The van der Waals surface area contributed by atoms with Crippen molar-refractivity contribution in [3.63, 3.8) is 0 Å². The number of anilines is 1. The molecule has 0 spiro atoms. The van der Waals surface area contributed by atoms with Crippen molar-refractivity contribution in [1.82, 2.24) is 19.6 Å². The Morgan fingerprint density at radius 2 is 1.65 bits per heavy atom. The Morgan fingerprint density at radius 3 is 2.31 bits per heavy atom. The van der Waals surface area contributed by atoms with Gasteiger partial charge in [-0.3, -0.25) is 9.69 Å². The molecule has 0 radical (unpaired) electrons. The largest absolute Gasteiger partial charge is 0.346 e. The van der Waals surface area contributed by atoms with Gasteiger partial charge in [-0.05, 0) is 31.4 Å². The molecule has 0 saturated carbocycles. The van der Waals surface area contributed by atoms with Crippen LogP contribution in [0.1, 0.15) is 0 Å². The van der Waals surface area contributed by atoms with E-state index >= 15 is 0 Å². The SMILES string of the molecule is CN1CCN(C(=O)CN2CCN(C(=S)Nc3ccccc3Cl)CC2)CC1. The molecule has 2 aliphatic rings. The highest BCUT2D eigenvalue weighted by Gasteiger charge is 2.24. The summed E-state index contributed by atoms with van der Waals surface area (Å²) in [6.07, 6.45) is 0. The minimum atomic E-state index is 0.239. The first-order chi connectivity index (χ1) is 12.5. The molecule has 142 valence electrons. The van der Waals surface area contributed by atoms with Gasteiger partial charge in [-0.2, -0.15) is 0 Å². The zero-order valence-corrected chi connectivity index (χ0v) is 16.7. The van der Waals surface area contributed by atoms with Crippen LogP contribution in [-0.4, -0.2) is 96.6 Å². The number of benzene rings is 1. The van der Waals surface area contributed by atoms with E-state index in [0.717, 1.165) is 58.0 Å². The number of amides is 1. The Morgan fingerprint density at radius 1 is 1.04 bits per heavy atom. The van der Waals surface area contributed by atoms with Crippen LogP contribution in [-0.2, 0) is 4.79 Å². The van der Waals surface area contributed by atoms with Crippen LogP contribution < -0.4 is 5.32 Å². The van der Waals surface area contributed by atoms with E-state index in [1.165, 1.54) is 0 Å². The van der Waals surface area contributed by atoms with E-state index in [2.05, 4.69) is 27.1 Å². The number of rotatable bonds is 3. The second-order valence-electron chi connectivity index (χ2n) is 6.86. The van der Waals surface area contributed by atoms with E-state index in [1.54, 1.807) is 0 Å². The van der Waals surface area contributed by atoms with Crippen molar-refractivity contribution < 1.29 is 4.79 Å². The van der Waals surface area contributed by atoms with Crippen molar-refractivity contribution in [2.75, 3.05) is 71.3 Å². The maximum atomic E-state index is 12.5. The summed E-state index contributed by atoms with van der Waals surface area (Å²) < 4.78 is 0. The zero-order valence-electron chi connectivity index (χ0n) is 15.2. The summed E-state index contributed by atoms with van der Waals surface area (Å²) in [5.41, 5.74) is 0.826. The average Bonchev–Trinajstić information content (AvgIpc) is 2.64. The fourth-order valence-electron chi connectivity index (χ4n) is 3.21. The number of piperazine rings is 2. The zero-order chi connectivity index (χ0) is 18.5. The third kappa shape index (κ3) is 5.07. The van der Waals surface area contributed by atoms with Crippen molar-refractivity contribution in [2.45, 2.75) is 0 Å². The van der Waals surface area contributed by atoms with E-state index in [0.29, 0.717) is 16.7 Å². The third-order valence-electron chi connectivity index (χ3n) is 4.99. The Labute approximate surface area is 165 Å². The van der Waals surface area contributed by atoms with Gasteiger partial charge in [-0.15, -0.1) is 0 Å². The van der Waals surface area contributed by atoms with E-state index in [-0.39, 0.29) is 5.91 Å². The molecular weight excluding hydrogens is 370 g/mol. The molecule has 1 N–H and O–H groups in total. The first-order valence-corrected chi connectivity index (χ1v) is 9.80. The number of likely N-dealkylation sites (N-methyl/N-ethyl adjacent to an activating group) is 1. The first kappa shape index (κ1) is 19.4. The number of hydrogen-bond acceptors (Lipinski definition) is 4. The maximum absolute atomic E-state index is 12.5. The lowest BCUT2D eigenvalue weighted by Crippen LogP contribution is -2.54. The molecule has 26 heavy (non-hydrogen) atoms. The number of carbonyl (C=O) groups excluding carboxylic acids is 1. The number of nitrogens with one attached hydrogen (secondary N) is 1. The molecule has 3 rings (SSSR count). The van der Waals surface area contributed by atoms with E-state index in [9.17, 15) is 4.79 Å². The van der Waals surface area contributed by atoms with Crippen LogP contribution in [0, 0.1) is 0 Å². The van der Waals surface area contributed by atoms with Gasteiger partial charge in [0.2, 0.25) is 5.91 Å². The molecule has 6 nitrogen and oxygen atoms in total.